The minimum atomic E-state index is 0.972. The molecule has 0 saturated carbocycles. The Bertz CT molecular complexity index is 123. The first-order valence-corrected chi connectivity index (χ1v) is 3.89. The summed E-state index contributed by atoms with van der Waals surface area (Å²) in [5.74, 6) is 0. The molecule has 0 spiro atoms. The molecule has 9 heavy (non-hydrogen) atoms. The van der Waals surface area contributed by atoms with Gasteiger partial charge in [-0.1, -0.05) is 13.8 Å². The van der Waals surface area contributed by atoms with Crippen molar-refractivity contribution in [2.75, 3.05) is 7.11 Å². The first-order valence-electron chi connectivity index (χ1n) is 3.01. The van der Waals surface area contributed by atoms with E-state index in [1.807, 2.05) is 31.4 Å². The van der Waals surface area contributed by atoms with Gasteiger partial charge in [0.2, 0.25) is 0 Å². The molecular weight excluding hydrogens is 132 g/mol. The third kappa shape index (κ3) is 3.14. The van der Waals surface area contributed by atoms with E-state index in [1.54, 1.807) is 18.4 Å². The monoisotopic (exact) mass is 144 g/mol. The number of methoxy groups -OCH3 is 1. The van der Waals surface area contributed by atoms with Crippen molar-refractivity contribution in [2.45, 2.75) is 13.8 Å². The summed E-state index contributed by atoms with van der Waals surface area (Å²) in [6, 6.07) is 3.90. The van der Waals surface area contributed by atoms with Crippen LogP contribution < -0.4 is 4.74 Å². The van der Waals surface area contributed by atoms with Gasteiger partial charge in [-0.3, -0.25) is 0 Å². The summed E-state index contributed by atoms with van der Waals surface area (Å²) < 4.78 is 4.87. The van der Waals surface area contributed by atoms with Crippen molar-refractivity contribution in [3.8, 4) is 5.06 Å². The molecule has 0 radical (unpaired) electrons. The van der Waals surface area contributed by atoms with Gasteiger partial charge >= 0.3 is 0 Å². The molecule has 1 aromatic rings. The summed E-state index contributed by atoms with van der Waals surface area (Å²) in [5.41, 5.74) is 0. The molecule has 0 aliphatic heterocycles. The fraction of sp³-hybridized carbons (Fsp3) is 0.429. The summed E-state index contributed by atoms with van der Waals surface area (Å²) in [7, 11) is 1.67. The fourth-order valence-corrected chi connectivity index (χ4v) is 0.924. The fourth-order valence-electron chi connectivity index (χ4n) is 0.380. The van der Waals surface area contributed by atoms with Crippen LogP contribution >= 0.6 is 11.3 Å². The predicted molar refractivity (Wildman–Crippen MR) is 42.2 cm³/mol. The molecule has 0 aromatic carbocycles. The minimum absolute atomic E-state index is 0.972. The van der Waals surface area contributed by atoms with Crippen LogP contribution in [0.2, 0.25) is 0 Å². The summed E-state index contributed by atoms with van der Waals surface area (Å²) in [4.78, 5) is 0. The molecule has 52 valence electrons. The number of rotatable bonds is 1. The Morgan fingerprint density at radius 2 is 2.11 bits per heavy atom. The van der Waals surface area contributed by atoms with Crippen molar-refractivity contribution in [3.05, 3.63) is 17.5 Å². The molecule has 0 atom stereocenters. The zero-order chi connectivity index (χ0) is 7.11. The molecule has 0 unspecified atom stereocenters. The van der Waals surface area contributed by atoms with E-state index >= 15 is 0 Å². The van der Waals surface area contributed by atoms with E-state index in [2.05, 4.69) is 0 Å². The van der Waals surface area contributed by atoms with Gasteiger partial charge in [0.1, 0.15) is 0 Å². The smallest absolute Gasteiger partial charge is 0.173 e. The van der Waals surface area contributed by atoms with Crippen LogP contribution in [0.25, 0.3) is 0 Å². The van der Waals surface area contributed by atoms with Gasteiger partial charge in [-0.05, 0) is 17.5 Å². The van der Waals surface area contributed by atoms with Crippen LogP contribution in [0.4, 0.5) is 0 Å². The van der Waals surface area contributed by atoms with Crippen LogP contribution in [0.3, 0.4) is 0 Å². The van der Waals surface area contributed by atoms with Gasteiger partial charge in [-0.25, -0.2) is 0 Å². The first kappa shape index (κ1) is 8.50. The maximum atomic E-state index is 4.87. The van der Waals surface area contributed by atoms with Gasteiger partial charge in [-0.2, -0.15) is 0 Å². The third-order valence-electron chi connectivity index (χ3n) is 0.696. The molecule has 0 aliphatic rings. The highest BCUT2D eigenvalue weighted by Gasteiger charge is 1.83. The highest BCUT2D eigenvalue weighted by atomic mass is 32.1. The zero-order valence-electron chi connectivity index (χ0n) is 6.05. The van der Waals surface area contributed by atoms with Gasteiger partial charge < -0.3 is 4.74 Å². The summed E-state index contributed by atoms with van der Waals surface area (Å²) in [6.07, 6.45) is 0. The van der Waals surface area contributed by atoms with E-state index in [0.29, 0.717) is 0 Å². The molecule has 0 saturated heterocycles. The van der Waals surface area contributed by atoms with E-state index < -0.39 is 0 Å². The molecule has 0 amide bonds. The molecular formula is C7H12OS. The molecule has 2 heteroatoms. The average molecular weight is 144 g/mol. The molecule has 0 fully saturated rings. The molecule has 0 N–H and O–H groups in total. The lowest BCUT2D eigenvalue weighted by Gasteiger charge is -1.86. The second-order valence-corrected chi connectivity index (χ2v) is 2.05. The lowest BCUT2D eigenvalue weighted by Crippen LogP contribution is -1.72. The van der Waals surface area contributed by atoms with Crippen molar-refractivity contribution in [3.63, 3.8) is 0 Å². The molecule has 1 rings (SSSR count). The Morgan fingerprint density at radius 1 is 1.44 bits per heavy atom. The quantitative estimate of drug-likeness (QED) is 0.589. The minimum Gasteiger partial charge on any atom is -0.487 e. The topological polar surface area (TPSA) is 9.23 Å². The Morgan fingerprint density at radius 3 is 2.33 bits per heavy atom. The lowest BCUT2D eigenvalue weighted by molar-refractivity contribution is 0.427. The van der Waals surface area contributed by atoms with Gasteiger partial charge in [0.05, 0.1) is 7.11 Å². The van der Waals surface area contributed by atoms with E-state index in [-0.39, 0.29) is 0 Å². The van der Waals surface area contributed by atoms with Gasteiger partial charge in [0.15, 0.2) is 5.06 Å². The molecule has 1 aromatic heterocycles. The van der Waals surface area contributed by atoms with Crippen molar-refractivity contribution in [2.24, 2.45) is 0 Å². The Balaban J connectivity index is 0.000000291. The molecule has 0 aliphatic carbocycles. The van der Waals surface area contributed by atoms with E-state index in [1.165, 1.54) is 0 Å². The van der Waals surface area contributed by atoms with E-state index in [0.717, 1.165) is 5.06 Å². The average Bonchev–Trinajstić information content (AvgIpc) is 2.43. The van der Waals surface area contributed by atoms with Crippen molar-refractivity contribution >= 4 is 11.3 Å². The van der Waals surface area contributed by atoms with Gasteiger partial charge in [0, 0.05) is 0 Å². The van der Waals surface area contributed by atoms with Crippen LogP contribution in [0.5, 0.6) is 5.06 Å². The standard InChI is InChI=1S/C5H6OS.C2H6/c1-6-5-3-2-4-7-5;1-2/h2-4H,1H3;1-2H3. The Labute approximate surface area is 60.3 Å². The van der Waals surface area contributed by atoms with Crippen LogP contribution in [0.1, 0.15) is 13.8 Å². The number of ether oxygens (including phenoxy) is 1. The second kappa shape index (κ2) is 5.63. The lowest BCUT2D eigenvalue weighted by atomic mass is 10.7. The van der Waals surface area contributed by atoms with Crippen LogP contribution in [0.15, 0.2) is 17.5 Å². The largest absolute Gasteiger partial charge is 0.487 e. The zero-order valence-corrected chi connectivity index (χ0v) is 6.87. The first-order chi connectivity index (χ1) is 4.43. The highest BCUT2D eigenvalue weighted by Crippen LogP contribution is 2.16. The van der Waals surface area contributed by atoms with E-state index in [9.17, 15) is 0 Å². The summed E-state index contributed by atoms with van der Waals surface area (Å²) >= 11 is 1.60. The number of hydrogen-bond donors (Lipinski definition) is 0. The molecule has 1 nitrogen and oxygen atoms in total. The molecule has 0 bridgehead atoms. The van der Waals surface area contributed by atoms with Crippen LogP contribution in [-0.4, -0.2) is 7.11 Å². The summed E-state index contributed by atoms with van der Waals surface area (Å²) in [6.45, 7) is 4.00. The van der Waals surface area contributed by atoms with Gasteiger partial charge in [0.25, 0.3) is 0 Å². The highest BCUT2D eigenvalue weighted by molar-refractivity contribution is 7.11. The number of hydrogen-bond acceptors (Lipinski definition) is 2. The van der Waals surface area contributed by atoms with Crippen LogP contribution in [-0.2, 0) is 0 Å². The Hall–Kier alpha value is -0.500. The van der Waals surface area contributed by atoms with Crippen molar-refractivity contribution in [1.29, 1.82) is 0 Å². The predicted octanol–water partition coefficient (Wildman–Crippen LogP) is 2.78. The second-order valence-electron chi connectivity index (χ2n) is 1.14. The van der Waals surface area contributed by atoms with Crippen LogP contribution in [0, 0.1) is 0 Å². The summed E-state index contributed by atoms with van der Waals surface area (Å²) in [5, 5.41) is 2.96. The van der Waals surface area contributed by atoms with E-state index in [4.69, 9.17) is 4.74 Å². The maximum Gasteiger partial charge on any atom is 0.173 e. The SMILES string of the molecule is CC.COc1cccs1. The third-order valence-corrected chi connectivity index (χ3v) is 1.52. The molecule has 1 heterocycles. The van der Waals surface area contributed by atoms with Crippen molar-refractivity contribution in [1.82, 2.24) is 0 Å². The number of thiophene rings is 1. The maximum absolute atomic E-state index is 4.87. The Kier molecular flexibility index (Phi) is 5.32. The van der Waals surface area contributed by atoms with Gasteiger partial charge in [-0.15, -0.1) is 11.3 Å². The van der Waals surface area contributed by atoms with Crippen molar-refractivity contribution < 1.29 is 4.74 Å². The normalized spacial score (nSPS) is 7.44.